The lowest BCUT2D eigenvalue weighted by molar-refractivity contribution is 0.376. The van der Waals surface area contributed by atoms with Crippen LogP contribution in [0.15, 0.2) is 11.6 Å². The number of aromatic nitrogens is 1. The lowest BCUT2D eigenvalue weighted by Crippen LogP contribution is -2.35. The number of nitrogens with zero attached hydrogens (tertiary/aromatic N) is 1. The van der Waals surface area contributed by atoms with Crippen LogP contribution in [0.4, 0.5) is 0 Å². The third-order valence-electron chi connectivity index (χ3n) is 3.09. The fourth-order valence-corrected chi connectivity index (χ4v) is 2.43. The number of thiazole rings is 1. The normalized spacial score (nSPS) is 21.4. The predicted octanol–water partition coefficient (Wildman–Crippen LogP) is 2.07. The Morgan fingerprint density at radius 2 is 2.46 bits per heavy atom. The minimum absolute atomic E-state index is 0.542. The summed E-state index contributed by atoms with van der Waals surface area (Å²) in [5.41, 5.74) is 0.542. The zero-order chi connectivity index (χ0) is 9.31. The SMILES string of the molecule is CNC(Cc1nccs1)C1(C)CC1. The molecule has 1 N–H and O–H groups in total. The molecule has 72 valence electrons. The van der Waals surface area contributed by atoms with E-state index in [0.29, 0.717) is 11.5 Å². The Morgan fingerprint density at radius 3 is 2.92 bits per heavy atom. The molecular formula is C10H16N2S. The van der Waals surface area contributed by atoms with Crippen molar-refractivity contribution >= 4 is 11.3 Å². The van der Waals surface area contributed by atoms with E-state index >= 15 is 0 Å². The van der Waals surface area contributed by atoms with Gasteiger partial charge in [0.1, 0.15) is 0 Å². The lowest BCUT2D eigenvalue weighted by atomic mass is 9.96. The molecule has 1 heterocycles. The van der Waals surface area contributed by atoms with Gasteiger partial charge in [-0.25, -0.2) is 4.98 Å². The maximum Gasteiger partial charge on any atom is 0.0940 e. The monoisotopic (exact) mass is 196 g/mol. The second-order valence-electron chi connectivity index (χ2n) is 4.13. The average Bonchev–Trinajstić information content (AvgIpc) is 2.70. The van der Waals surface area contributed by atoms with Crippen molar-refractivity contribution in [1.82, 2.24) is 10.3 Å². The summed E-state index contributed by atoms with van der Waals surface area (Å²) in [6.07, 6.45) is 5.71. The highest BCUT2D eigenvalue weighted by Crippen LogP contribution is 2.48. The summed E-state index contributed by atoms with van der Waals surface area (Å²) >= 11 is 1.76. The van der Waals surface area contributed by atoms with E-state index in [1.807, 2.05) is 6.20 Å². The molecule has 0 aromatic carbocycles. The maximum absolute atomic E-state index is 4.32. The van der Waals surface area contributed by atoms with Gasteiger partial charge >= 0.3 is 0 Å². The summed E-state index contributed by atoms with van der Waals surface area (Å²) in [6, 6.07) is 0.610. The number of rotatable bonds is 4. The summed E-state index contributed by atoms with van der Waals surface area (Å²) in [4.78, 5) is 4.32. The van der Waals surface area contributed by atoms with Gasteiger partial charge < -0.3 is 5.32 Å². The van der Waals surface area contributed by atoms with E-state index in [9.17, 15) is 0 Å². The Bertz CT molecular complexity index is 264. The summed E-state index contributed by atoms with van der Waals surface area (Å²) in [5, 5.41) is 6.72. The van der Waals surface area contributed by atoms with Crippen LogP contribution < -0.4 is 5.32 Å². The van der Waals surface area contributed by atoms with Gasteiger partial charge in [0.2, 0.25) is 0 Å². The van der Waals surface area contributed by atoms with E-state index in [4.69, 9.17) is 0 Å². The molecule has 2 nitrogen and oxygen atoms in total. The molecule has 2 rings (SSSR count). The van der Waals surface area contributed by atoms with E-state index in [1.54, 1.807) is 11.3 Å². The molecule has 0 aliphatic heterocycles. The van der Waals surface area contributed by atoms with E-state index in [2.05, 4.69) is 29.7 Å². The molecule has 1 aromatic heterocycles. The molecule has 1 fully saturated rings. The molecule has 1 aliphatic rings. The first-order valence-electron chi connectivity index (χ1n) is 4.80. The number of likely N-dealkylation sites (N-methyl/N-ethyl adjacent to an activating group) is 1. The number of hydrogen-bond acceptors (Lipinski definition) is 3. The van der Waals surface area contributed by atoms with Crippen molar-refractivity contribution in [3.05, 3.63) is 16.6 Å². The highest BCUT2D eigenvalue weighted by molar-refractivity contribution is 7.09. The zero-order valence-electron chi connectivity index (χ0n) is 8.21. The molecule has 0 saturated heterocycles. The van der Waals surface area contributed by atoms with Crippen molar-refractivity contribution in [2.75, 3.05) is 7.05 Å². The standard InChI is InChI=1S/C10H16N2S/c1-10(3-4-10)8(11-2)7-9-12-5-6-13-9/h5-6,8,11H,3-4,7H2,1-2H3. The van der Waals surface area contributed by atoms with Gasteiger partial charge in [0.15, 0.2) is 0 Å². The molecular weight excluding hydrogens is 180 g/mol. The van der Waals surface area contributed by atoms with E-state index in [0.717, 1.165) is 6.42 Å². The van der Waals surface area contributed by atoms with Crippen molar-refractivity contribution in [3.8, 4) is 0 Å². The summed E-state index contributed by atoms with van der Waals surface area (Å²) < 4.78 is 0. The Morgan fingerprint density at radius 1 is 1.69 bits per heavy atom. The second kappa shape index (κ2) is 3.39. The van der Waals surface area contributed by atoms with Gasteiger partial charge in [-0.05, 0) is 25.3 Å². The van der Waals surface area contributed by atoms with Crippen LogP contribution >= 0.6 is 11.3 Å². The minimum Gasteiger partial charge on any atom is -0.316 e. The van der Waals surface area contributed by atoms with Crippen LogP contribution in [0.1, 0.15) is 24.8 Å². The first-order valence-corrected chi connectivity index (χ1v) is 5.68. The molecule has 13 heavy (non-hydrogen) atoms. The third-order valence-corrected chi connectivity index (χ3v) is 3.89. The Hall–Kier alpha value is -0.410. The largest absolute Gasteiger partial charge is 0.316 e. The first kappa shape index (κ1) is 9.16. The summed E-state index contributed by atoms with van der Waals surface area (Å²) in [5.74, 6) is 0. The van der Waals surface area contributed by atoms with Crippen LogP contribution in [0.5, 0.6) is 0 Å². The Kier molecular flexibility index (Phi) is 2.39. The van der Waals surface area contributed by atoms with Gasteiger partial charge in [-0.2, -0.15) is 0 Å². The van der Waals surface area contributed by atoms with E-state index < -0.39 is 0 Å². The molecule has 0 bridgehead atoms. The van der Waals surface area contributed by atoms with Crippen molar-refractivity contribution in [2.45, 2.75) is 32.2 Å². The van der Waals surface area contributed by atoms with Crippen LogP contribution in [0.3, 0.4) is 0 Å². The molecule has 1 saturated carbocycles. The van der Waals surface area contributed by atoms with Gasteiger partial charge in [0.05, 0.1) is 5.01 Å². The summed E-state index contributed by atoms with van der Waals surface area (Å²) in [7, 11) is 2.06. The highest BCUT2D eigenvalue weighted by Gasteiger charge is 2.44. The second-order valence-corrected chi connectivity index (χ2v) is 5.10. The zero-order valence-corrected chi connectivity index (χ0v) is 9.03. The van der Waals surface area contributed by atoms with Crippen LogP contribution in [-0.4, -0.2) is 18.1 Å². The third kappa shape index (κ3) is 1.92. The number of nitrogens with one attached hydrogen (secondary N) is 1. The van der Waals surface area contributed by atoms with Gasteiger partial charge in [-0.15, -0.1) is 11.3 Å². The minimum atomic E-state index is 0.542. The van der Waals surface area contributed by atoms with Crippen molar-refractivity contribution in [3.63, 3.8) is 0 Å². The fourth-order valence-electron chi connectivity index (χ4n) is 1.77. The Balaban J connectivity index is 1.99. The van der Waals surface area contributed by atoms with Crippen LogP contribution in [0.25, 0.3) is 0 Å². The molecule has 3 heteroatoms. The first-order chi connectivity index (χ1) is 6.24. The molecule has 0 radical (unpaired) electrons. The van der Waals surface area contributed by atoms with Gasteiger partial charge in [0, 0.05) is 24.0 Å². The van der Waals surface area contributed by atoms with Crippen molar-refractivity contribution in [2.24, 2.45) is 5.41 Å². The maximum atomic E-state index is 4.32. The molecule has 1 aromatic rings. The van der Waals surface area contributed by atoms with E-state index in [-0.39, 0.29) is 0 Å². The smallest absolute Gasteiger partial charge is 0.0940 e. The van der Waals surface area contributed by atoms with Crippen LogP contribution in [-0.2, 0) is 6.42 Å². The van der Waals surface area contributed by atoms with Gasteiger partial charge in [0.25, 0.3) is 0 Å². The van der Waals surface area contributed by atoms with E-state index in [1.165, 1.54) is 17.8 Å². The van der Waals surface area contributed by atoms with Crippen molar-refractivity contribution < 1.29 is 0 Å². The van der Waals surface area contributed by atoms with Crippen LogP contribution in [0.2, 0.25) is 0 Å². The topological polar surface area (TPSA) is 24.9 Å². The number of hydrogen-bond donors (Lipinski definition) is 1. The molecule has 1 unspecified atom stereocenters. The van der Waals surface area contributed by atoms with Gasteiger partial charge in [-0.1, -0.05) is 6.92 Å². The molecule has 0 amide bonds. The average molecular weight is 196 g/mol. The molecule has 1 atom stereocenters. The quantitative estimate of drug-likeness (QED) is 0.797. The highest BCUT2D eigenvalue weighted by atomic mass is 32.1. The Labute approximate surface area is 83.4 Å². The summed E-state index contributed by atoms with van der Waals surface area (Å²) in [6.45, 7) is 2.36. The lowest BCUT2D eigenvalue weighted by Gasteiger charge is -2.21. The van der Waals surface area contributed by atoms with Crippen LogP contribution in [0, 0.1) is 5.41 Å². The predicted molar refractivity (Wildman–Crippen MR) is 56.0 cm³/mol. The molecule has 1 aliphatic carbocycles. The van der Waals surface area contributed by atoms with Gasteiger partial charge in [-0.3, -0.25) is 0 Å². The fraction of sp³-hybridized carbons (Fsp3) is 0.700. The molecule has 0 spiro atoms. The van der Waals surface area contributed by atoms with Crippen molar-refractivity contribution in [1.29, 1.82) is 0 Å².